The lowest BCUT2D eigenvalue weighted by atomic mass is 10.1. The highest BCUT2D eigenvalue weighted by Gasteiger charge is 2.37. The summed E-state index contributed by atoms with van der Waals surface area (Å²) in [6, 6.07) is 12.2. The van der Waals surface area contributed by atoms with E-state index in [0.717, 1.165) is 21.7 Å². The van der Waals surface area contributed by atoms with Crippen LogP contribution in [0.4, 0.5) is 11.4 Å². The molecule has 7 nitrogen and oxygen atoms in total. The summed E-state index contributed by atoms with van der Waals surface area (Å²) in [6.45, 7) is 4.14. The van der Waals surface area contributed by atoms with Crippen molar-refractivity contribution in [3.05, 3.63) is 53.6 Å². The summed E-state index contributed by atoms with van der Waals surface area (Å²) in [6.07, 6.45) is 0.442. The summed E-state index contributed by atoms with van der Waals surface area (Å²) in [5.74, 6) is -1.51. The molecule has 154 valence electrons. The van der Waals surface area contributed by atoms with Crippen molar-refractivity contribution < 1.29 is 23.9 Å². The number of benzene rings is 2. The van der Waals surface area contributed by atoms with Crippen LogP contribution < -0.4 is 14.5 Å². The largest absolute Gasteiger partial charge is 0.426 e. The van der Waals surface area contributed by atoms with Gasteiger partial charge in [0.2, 0.25) is 17.7 Å². The number of carbonyl (C=O) groups excluding carboxylic acids is 4. The Morgan fingerprint density at radius 3 is 2.43 bits per heavy atom. The monoisotopic (exact) mass is 406 g/mol. The minimum absolute atomic E-state index is 0.0784. The number of hydrogen-bond donors (Lipinski definition) is 0. The highest BCUT2D eigenvalue weighted by Crippen LogP contribution is 2.31. The first kappa shape index (κ1) is 19.8. The van der Waals surface area contributed by atoms with E-state index in [0.29, 0.717) is 5.69 Å². The van der Waals surface area contributed by atoms with Crippen LogP contribution in [0.2, 0.25) is 0 Å². The van der Waals surface area contributed by atoms with Gasteiger partial charge in [-0.1, -0.05) is 18.2 Å². The third-order valence-corrected chi connectivity index (χ3v) is 5.46. The third kappa shape index (κ3) is 3.70. The van der Waals surface area contributed by atoms with Gasteiger partial charge >= 0.3 is 5.97 Å². The van der Waals surface area contributed by atoms with Crippen molar-refractivity contribution in [2.24, 2.45) is 5.92 Å². The molecule has 7 heteroatoms. The van der Waals surface area contributed by atoms with Gasteiger partial charge in [0, 0.05) is 37.6 Å². The van der Waals surface area contributed by atoms with E-state index in [9.17, 15) is 19.2 Å². The summed E-state index contributed by atoms with van der Waals surface area (Å²) in [7, 11) is 0. The molecular formula is C23H22N2O5. The van der Waals surface area contributed by atoms with Crippen molar-refractivity contribution in [2.45, 2.75) is 33.1 Å². The number of carbonyl (C=O) groups is 4. The average Bonchev–Trinajstić information content (AvgIpc) is 3.26. The summed E-state index contributed by atoms with van der Waals surface area (Å²) in [4.78, 5) is 51.9. The van der Waals surface area contributed by atoms with Gasteiger partial charge in [-0.25, -0.2) is 0 Å². The lowest BCUT2D eigenvalue weighted by Crippen LogP contribution is -2.29. The molecule has 0 aliphatic carbocycles. The minimum atomic E-state index is -0.587. The average molecular weight is 406 g/mol. The van der Waals surface area contributed by atoms with Crippen molar-refractivity contribution in [2.75, 3.05) is 16.3 Å². The number of rotatable bonds is 4. The van der Waals surface area contributed by atoms with Gasteiger partial charge in [0.1, 0.15) is 5.75 Å². The van der Waals surface area contributed by atoms with E-state index in [2.05, 4.69) is 0 Å². The fourth-order valence-corrected chi connectivity index (χ4v) is 3.86. The lowest BCUT2D eigenvalue weighted by Gasteiger charge is -2.19. The normalized spacial score (nSPS) is 19.0. The third-order valence-electron chi connectivity index (χ3n) is 5.46. The second-order valence-electron chi connectivity index (χ2n) is 7.74. The number of esters is 1. The van der Waals surface area contributed by atoms with Gasteiger partial charge in [-0.05, 0) is 43.2 Å². The van der Waals surface area contributed by atoms with Gasteiger partial charge in [0.25, 0.3) is 0 Å². The molecule has 2 aliphatic rings. The van der Waals surface area contributed by atoms with Crippen molar-refractivity contribution in [1.82, 2.24) is 0 Å². The molecule has 0 bridgehead atoms. The summed E-state index contributed by atoms with van der Waals surface area (Å²) in [5, 5.41) is 0. The Hall–Kier alpha value is -3.48. The van der Waals surface area contributed by atoms with Crippen LogP contribution in [0.25, 0.3) is 0 Å². The zero-order valence-electron chi connectivity index (χ0n) is 16.9. The smallest absolute Gasteiger partial charge is 0.316 e. The van der Waals surface area contributed by atoms with E-state index >= 15 is 0 Å². The molecule has 0 radical (unpaired) electrons. The number of anilines is 2. The van der Waals surface area contributed by atoms with Gasteiger partial charge in [0.15, 0.2) is 0 Å². The van der Waals surface area contributed by atoms with E-state index in [4.69, 9.17) is 4.74 Å². The Morgan fingerprint density at radius 1 is 0.967 bits per heavy atom. The van der Waals surface area contributed by atoms with Gasteiger partial charge in [0.05, 0.1) is 11.6 Å². The molecule has 30 heavy (non-hydrogen) atoms. The Bertz CT molecular complexity index is 1050. The maximum atomic E-state index is 12.7. The first-order valence-corrected chi connectivity index (χ1v) is 9.88. The topological polar surface area (TPSA) is 84.0 Å². The highest BCUT2D eigenvalue weighted by molar-refractivity contribution is 6.19. The minimum Gasteiger partial charge on any atom is -0.426 e. The summed E-state index contributed by atoms with van der Waals surface area (Å²) >= 11 is 0. The number of imide groups is 1. The van der Waals surface area contributed by atoms with Crippen LogP contribution in [0.1, 0.15) is 30.4 Å². The SMILES string of the molecule is Cc1ccc(C)c(N2C[C@H](C(=O)Oc3cccc(N4C(=O)CCC4=O)c3)CC2=O)c1. The van der Waals surface area contributed by atoms with E-state index in [-0.39, 0.29) is 49.3 Å². The van der Waals surface area contributed by atoms with Crippen LogP contribution in [0.3, 0.4) is 0 Å². The second kappa shape index (κ2) is 7.74. The van der Waals surface area contributed by atoms with E-state index < -0.39 is 11.9 Å². The molecule has 2 aliphatic heterocycles. The molecule has 2 aromatic carbocycles. The number of hydrogen-bond acceptors (Lipinski definition) is 5. The molecule has 2 heterocycles. The second-order valence-corrected chi connectivity index (χ2v) is 7.74. The van der Waals surface area contributed by atoms with Crippen molar-refractivity contribution >= 4 is 35.1 Å². The molecule has 0 spiro atoms. The van der Waals surface area contributed by atoms with Crippen LogP contribution in [-0.2, 0) is 19.2 Å². The Kier molecular flexibility index (Phi) is 5.11. The Morgan fingerprint density at radius 2 is 1.70 bits per heavy atom. The van der Waals surface area contributed by atoms with Crippen molar-refractivity contribution in [3.8, 4) is 5.75 Å². The van der Waals surface area contributed by atoms with Gasteiger partial charge in [-0.3, -0.25) is 24.1 Å². The number of aryl methyl sites for hydroxylation is 2. The maximum Gasteiger partial charge on any atom is 0.316 e. The van der Waals surface area contributed by atoms with Gasteiger partial charge < -0.3 is 9.64 Å². The molecular weight excluding hydrogens is 384 g/mol. The zero-order valence-corrected chi connectivity index (χ0v) is 16.9. The van der Waals surface area contributed by atoms with E-state index in [1.54, 1.807) is 23.1 Å². The zero-order chi connectivity index (χ0) is 21.4. The molecule has 1 atom stereocenters. The van der Waals surface area contributed by atoms with Gasteiger partial charge in [-0.2, -0.15) is 0 Å². The van der Waals surface area contributed by atoms with Crippen LogP contribution in [0.5, 0.6) is 5.75 Å². The van der Waals surface area contributed by atoms with Crippen LogP contribution >= 0.6 is 0 Å². The molecule has 0 unspecified atom stereocenters. The number of ether oxygens (including phenoxy) is 1. The Labute approximate surface area is 174 Å². The predicted molar refractivity (Wildman–Crippen MR) is 110 cm³/mol. The van der Waals surface area contributed by atoms with Crippen molar-refractivity contribution in [3.63, 3.8) is 0 Å². The molecule has 0 aromatic heterocycles. The van der Waals surface area contributed by atoms with Crippen molar-refractivity contribution in [1.29, 1.82) is 0 Å². The molecule has 0 N–H and O–H groups in total. The van der Waals surface area contributed by atoms with Crippen LogP contribution in [0, 0.1) is 19.8 Å². The molecule has 0 saturated carbocycles. The number of amides is 3. The Balaban J connectivity index is 1.48. The lowest BCUT2D eigenvalue weighted by molar-refractivity contribution is -0.139. The van der Waals surface area contributed by atoms with Crippen LogP contribution in [-0.4, -0.2) is 30.2 Å². The molecule has 3 amide bonds. The van der Waals surface area contributed by atoms with Gasteiger partial charge in [-0.15, -0.1) is 0 Å². The van der Waals surface area contributed by atoms with Crippen LogP contribution in [0.15, 0.2) is 42.5 Å². The fraction of sp³-hybridized carbons (Fsp3) is 0.304. The number of nitrogens with zero attached hydrogens (tertiary/aromatic N) is 2. The molecule has 2 aromatic rings. The quantitative estimate of drug-likeness (QED) is 0.443. The molecule has 4 rings (SSSR count). The molecule has 2 fully saturated rings. The highest BCUT2D eigenvalue weighted by atomic mass is 16.5. The first-order chi connectivity index (χ1) is 14.3. The first-order valence-electron chi connectivity index (χ1n) is 9.88. The maximum absolute atomic E-state index is 12.7. The predicted octanol–water partition coefficient (Wildman–Crippen LogP) is 2.92. The summed E-state index contributed by atoms with van der Waals surface area (Å²) in [5.41, 5.74) is 3.20. The van der Waals surface area contributed by atoms with E-state index in [1.807, 2.05) is 32.0 Å². The molecule has 2 saturated heterocycles. The summed E-state index contributed by atoms with van der Waals surface area (Å²) < 4.78 is 5.49. The van der Waals surface area contributed by atoms with E-state index in [1.165, 1.54) is 6.07 Å². The fourth-order valence-electron chi connectivity index (χ4n) is 3.86. The standard InChI is InChI=1S/C23H22N2O5/c1-14-6-7-15(2)19(10-14)24-13-16(11-22(24)28)23(29)30-18-5-3-4-17(12-18)25-20(26)8-9-21(25)27/h3-7,10,12,16H,8-9,11,13H2,1-2H3/t16-/m1/s1.